The first-order valence-electron chi connectivity index (χ1n) is 7.56. The number of nitrogens with one attached hydrogen (secondary N) is 2. The number of fused-ring (bicyclic) bond motifs is 1. The summed E-state index contributed by atoms with van der Waals surface area (Å²) in [5.41, 5.74) is 6.03. The number of hydrogen-bond acceptors (Lipinski definition) is 4. The Balaban J connectivity index is 1.67. The van der Waals surface area contributed by atoms with Crippen molar-refractivity contribution in [2.75, 3.05) is 0 Å². The first-order valence-corrected chi connectivity index (χ1v) is 9.00. The second-order valence-electron chi connectivity index (χ2n) is 5.50. The molecule has 1 aliphatic heterocycles. The van der Waals surface area contributed by atoms with E-state index in [1.165, 1.54) is 23.1 Å². The standard InChI is InChI=1S/C17H15N3O5S/c21-16(14-7-3-4-8-15(14)26(23,24)25)18-19-17(22)20-10-9-12-5-1-2-6-13(12)11-20/h1-10H,11H2,(H,18,21)(H,19,22)(H,23,24,25). The van der Waals surface area contributed by atoms with Crippen LogP contribution in [-0.2, 0) is 16.7 Å². The normalized spacial score (nSPS) is 13.0. The van der Waals surface area contributed by atoms with Crippen molar-refractivity contribution in [3.63, 3.8) is 0 Å². The SMILES string of the molecule is O=C(NNC(=O)N1C=Cc2ccccc2C1)c1ccccc1S(=O)(=O)O. The van der Waals surface area contributed by atoms with Crippen LogP contribution in [-0.4, -0.2) is 29.8 Å². The lowest BCUT2D eigenvalue weighted by Crippen LogP contribution is -2.47. The second-order valence-corrected chi connectivity index (χ2v) is 6.89. The van der Waals surface area contributed by atoms with E-state index in [0.29, 0.717) is 6.54 Å². The van der Waals surface area contributed by atoms with E-state index in [2.05, 4.69) is 10.9 Å². The lowest BCUT2D eigenvalue weighted by Gasteiger charge is -2.23. The highest BCUT2D eigenvalue weighted by atomic mass is 32.2. The van der Waals surface area contributed by atoms with Gasteiger partial charge in [0.1, 0.15) is 4.90 Å². The summed E-state index contributed by atoms with van der Waals surface area (Å²) in [6.45, 7) is 0.329. The van der Waals surface area contributed by atoms with E-state index in [1.807, 2.05) is 24.3 Å². The van der Waals surface area contributed by atoms with Crippen LogP contribution in [0.5, 0.6) is 0 Å². The van der Waals surface area contributed by atoms with Gasteiger partial charge in [-0.25, -0.2) is 10.2 Å². The Morgan fingerprint density at radius 3 is 2.46 bits per heavy atom. The van der Waals surface area contributed by atoms with Gasteiger partial charge in [0.05, 0.1) is 12.1 Å². The van der Waals surface area contributed by atoms with E-state index in [4.69, 9.17) is 0 Å². The van der Waals surface area contributed by atoms with Gasteiger partial charge in [-0.05, 0) is 29.3 Å². The predicted octanol–water partition coefficient (Wildman–Crippen LogP) is 1.77. The molecule has 2 aromatic rings. The van der Waals surface area contributed by atoms with Crippen LogP contribution in [0.2, 0.25) is 0 Å². The molecule has 26 heavy (non-hydrogen) atoms. The largest absolute Gasteiger partial charge is 0.340 e. The molecule has 1 aliphatic rings. The minimum absolute atomic E-state index is 0.283. The van der Waals surface area contributed by atoms with Crippen LogP contribution in [0, 0.1) is 0 Å². The van der Waals surface area contributed by atoms with Gasteiger partial charge in [-0.3, -0.25) is 19.7 Å². The molecule has 0 aromatic heterocycles. The number of carbonyl (C=O) groups is 2. The number of benzene rings is 2. The molecule has 2 aromatic carbocycles. The molecular formula is C17H15N3O5S. The lowest BCUT2D eigenvalue weighted by molar-refractivity contribution is 0.0928. The average Bonchev–Trinajstić information content (AvgIpc) is 2.64. The first-order chi connectivity index (χ1) is 12.4. The summed E-state index contributed by atoms with van der Waals surface area (Å²) in [5.74, 6) is -0.868. The molecule has 0 saturated heterocycles. The van der Waals surface area contributed by atoms with Gasteiger partial charge in [-0.1, -0.05) is 36.4 Å². The topological polar surface area (TPSA) is 116 Å². The Hall–Kier alpha value is -3.17. The molecule has 0 saturated carbocycles. The second kappa shape index (κ2) is 6.98. The monoisotopic (exact) mass is 373 g/mol. The van der Waals surface area contributed by atoms with Crippen molar-refractivity contribution in [3.8, 4) is 0 Å². The third kappa shape index (κ3) is 3.73. The molecule has 1 heterocycles. The Kier molecular flexibility index (Phi) is 4.74. The first kappa shape index (κ1) is 17.6. The average molecular weight is 373 g/mol. The molecule has 0 bridgehead atoms. The zero-order valence-corrected chi connectivity index (χ0v) is 14.2. The molecule has 0 radical (unpaired) electrons. The Labute approximate surface area is 149 Å². The quantitative estimate of drug-likeness (QED) is 0.548. The Bertz CT molecular complexity index is 1000. The van der Waals surface area contributed by atoms with Crippen molar-refractivity contribution >= 4 is 28.1 Å². The molecule has 0 atom stereocenters. The van der Waals surface area contributed by atoms with Crippen molar-refractivity contribution in [2.45, 2.75) is 11.4 Å². The molecule has 0 spiro atoms. The Morgan fingerprint density at radius 2 is 1.69 bits per heavy atom. The third-order valence-electron chi connectivity index (χ3n) is 3.78. The van der Waals surface area contributed by atoms with Crippen LogP contribution in [0.15, 0.2) is 59.6 Å². The fraction of sp³-hybridized carbons (Fsp3) is 0.0588. The molecule has 9 heteroatoms. The van der Waals surface area contributed by atoms with Gasteiger partial charge >= 0.3 is 6.03 Å². The van der Waals surface area contributed by atoms with Crippen molar-refractivity contribution in [1.29, 1.82) is 0 Å². The van der Waals surface area contributed by atoms with Crippen LogP contribution in [0.1, 0.15) is 21.5 Å². The van der Waals surface area contributed by atoms with Crippen LogP contribution >= 0.6 is 0 Å². The summed E-state index contributed by atoms with van der Waals surface area (Å²) in [6.07, 6.45) is 3.35. The highest BCUT2D eigenvalue weighted by Crippen LogP contribution is 2.19. The summed E-state index contributed by atoms with van der Waals surface area (Å²) in [7, 11) is -4.57. The number of carbonyl (C=O) groups excluding carboxylic acids is 2. The predicted molar refractivity (Wildman–Crippen MR) is 93.3 cm³/mol. The van der Waals surface area contributed by atoms with Gasteiger partial charge in [0.2, 0.25) is 0 Å². The minimum atomic E-state index is -4.57. The van der Waals surface area contributed by atoms with E-state index in [-0.39, 0.29) is 5.56 Å². The maximum atomic E-state index is 12.2. The van der Waals surface area contributed by atoms with Crippen LogP contribution in [0.25, 0.3) is 6.08 Å². The van der Waals surface area contributed by atoms with Gasteiger partial charge in [-0.15, -0.1) is 0 Å². The summed E-state index contributed by atoms with van der Waals surface area (Å²) < 4.78 is 31.8. The van der Waals surface area contributed by atoms with E-state index < -0.39 is 27.0 Å². The zero-order valence-electron chi connectivity index (χ0n) is 13.4. The number of amides is 3. The molecular weight excluding hydrogens is 358 g/mol. The van der Waals surface area contributed by atoms with Gasteiger partial charge in [0.25, 0.3) is 16.0 Å². The number of rotatable bonds is 2. The van der Waals surface area contributed by atoms with Crippen molar-refractivity contribution in [1.82, 2.24) is 15.8 Å². The maximum Gasteiger partial charge on any atom is 0.340 e. The van der Waals surface area contributed by atoms with Crippen LogP contribution in [0.4, 0.5) is 4.79 Å². The molecule has 3 N–H and O–H groups in total. The highest BCUT2D eigenvalue weighted by molar-refractivity contribution is 7.86. The molecule has 8 nitrogen and oxygen atoms in total. The number of hydrazine groups is 1. The van der Waals surface area contributed by atoms with E-state index in [0.717, 1.165) is 17.2 Å². The molecule has 0 unspecified atom stereocenters. The van der Waals surface area contributed by atoms with Crippen molar-refractivity contribution in [2.24, 2.45) is 0 Å². The van der Waals surface area contributed by atoms with Gasteiger partial charge in [0, 0.05) is 6.20 Å². The lowest BCUT2D eigenvalue weighted by atomic mass is 10.0. The van der Waals surface area contributed by atoms with E-state index >= 15 is 0 Å². The number of nitrogens with zero attached hydrogens (tertiary/aromatic N) is 1. The fourth-order valence-electron chi connectivity index (χ4n) is 2.52. The van der Waals surface area contributed by atoms with E-state index in [1.54, 1.807) is 12.3 Å². The highest BCUT2D eigenvalue weighted by Gasteiger charge is 2.21. The number of urea groups is 1. The molecule has 3 amide bonds. The zero-order chi connectivity index (χ0) is 18.7. The summed E-state index contributed by atoms with van der Waals surface area (Å²) in [6, 6.07) is 12.1. The van der Waals surface area contributed by atoms with Gasteiger partial charge in [-0.2, -0.15) is 8.42 Å². The fourth-order valence-corrected chi connectivity index (χ4v) is 3.20. The summed E-state index contributed by atoms with van der Waals surface area (Å²) in [4.78, 5) is 25.2. The van der Waals surface area contributed by atoms with Gasteiger partial charge in [0.15, 0.2) is 0 Å². The molecule has 0 fully saturated rings. The Morgan fingerprint density at radius 1 is 1.00 bits per heavy atom. The number of hydrogen-bond donors (Lipinski definition) is 3. The maximum absolute atomic E-state index is 12.2. The summed E-state index contributed by atoms with van der Waals surface area (Å²) in [5, 5.41) is 0. The van der Waals surface area contributed by atoms with E-state index in [9.17, 15) is 22.6 Å². The smallest absolute Gasteiger partial charge is 0.295 e. The molecule has 3 rings (SSSR count). The molecule has 134 valence electrons. The van der Waals surface area contributed by atoms with Crippen LogP contribution < -0.4 is 10.9 Å². The van der Waals surface area contributed by atoms with Gasteiger partial charge < -0.3 is 0 Å². The minimum Gasteiger partial charge on any atom is -0.295 e. The molecule has 0 aliphatic carbocycles. The summed E-state index contributed by atoms with van der Waals surface area (Å²) >= 11 is 0. The third-order valence-corrected chi connectivity index (χ3v) is 4.70. The van der Waals surface area contributed by atoms with Crippen molar-refractivity contribution < 1.29 is 22.6 Å². The van der Waals surface area contributed by atoms with Crippen LogP contribution in [0.3, 0.4) is 0 Å². The van der Waals surface area contributed by atoms with Crippen molar-refractivity contribution in [3.05, 3.63) is 71.4 Å².